The Kier molecular flexibility index (Phi) is 3.56. The molecule has 0 unspecified atom stereocenters. The second-order valence-electron chi connectivity index (χ2n) is 3.71. The van der Waals surface area contributed by atoms with Crippen molar-refractivity contribution in [2.45, 2.75) is 4.90 Å². The van der Waals surface area contributed by atoms with Crippen LogP contribution in [0.3, 0.4) is 0 Å². The molecule has 0 radical (unpaired) electrons. The largest absolute Gasteiger partial charge is 0.261 e. The van der Waals surface area contributed by atoms with Gasteiger partial charge in [0, 0.05) is 16.2 Å². The van der Waals surface area contributed by atoms with Gasteiger partial charge in [0.1, 0.15) is 5.82 Å². The molecule has 19 heavy (non-hydrogen) atoms. The van der Waals surface area contributed by atoms with Crippen molar-refractivity contribution in [2.24, 2.45) is 0 Å². The third-order valence-corrected chi connectivity index (χ3v) is 3.80. The van der Waals surface area contributed by atoms with E-state index in [-0.39, 0.29) is 16.0 Å². The van der Waals surface area contributed by atoms with Crippen LogP contribution in [0, 0.1) is 17.5 Å². The fourth-order valence-corrected chi connectivity index (χ4v) is 2.32. The summed E-state index contributed by atoms with van der Waals surface area (Å²) in [6.45, 7) is 0. The Balaban J connectivity index is 2.64. The molecule has 0 aromatic heterocycles. The lowest BCUT2D eigenvalue weighted by atomic mass is 10.1. The van der Waals surface area contributed by atoms with Gasteiger partial charge in [0.2, 0.25) is 0 Å². The van der Waals surface area contributed by atoms with Gasteiger partial charge in [-0.3, -0.25) is 0 Å². The number of halogens is 4. The van der Waals surface area contributed by atoms with Crippen molar-refractivity contribution >= 4 is 19.7 Å². The first kappa shape index (κ1) is 13.9. The number of rotatable bonds is 2. The molecule has 100 valence electrons. The molecule has 0 N–H and O–H groups in total. The molecule has 0 saturated carbocycles. The zero-order valence-corrected chi connectivity index (χ0v) is 10.8. The molecule has 0 amide bonds. The Bertz CT molecular complexity index is 745. The second-order valence-corrected chi connectivity index (χ2v) is 6.27. The highest BCUT2D eigenvalue weighted by Crippen LogP contribution is 2.28. The van der Waals surface area contributed by atoms with Crippen LogP contribution in [0.25, 0.3) is 11.1 Å². The average molecular weight is 307 g/mol. The van der Waals surface area contributed by atoms with Gasteiger partial charge in [0.25, 0.3) is 9.05 Å². The lowest BCUT2D eigenvalue weighted by Gasteiger charge is -2.06. The quantitative estimate of drug-likeness (QED) is 0.793. The van der Waals surface area contributed by atoms with Crippen LogP contribution in [0.1, 0.15) is 0 Å². The van der Waals surface area contributed by atoms with Crippen LogP contribution < -0.4 is 0 Å². The Morgan fingerprint density at radius 1 is 0.842 bits per heavy atom. The Morgan fingerprint density at radius 2 is 1.47 bits per heavy atom. The molecular weight excluding hydrogens is 301 g/mol. The van der Waals surface area contributed by atoms with E-state index in [4.69, 9.17) is 10.7 Å². The highest BCUT2D eigenvalue weighted by molar-refractivity contribution is 8.13. The third-order valence-electron chi connectivity index (χ3n) is 2.45. The molecule has 0 aliphatic rings. The van der Waals surface area contributed by atoms with Gasteiger partial charge in [-0.2, -0.15) is 0 Å². The predicted molar refractivity (Wildman–Crippen MR) is 64.8 cm³/mol. The van der Waals surface area contributed by atoms with Crippen molar-refractivity contribution in [3.05, 3.63) is 53.8 Å². The van der Waals surface area contributed by atoms with Crippen LogP contribution in [0.2, 0.25) is 0 Å². The lowest BCUT2D eigenvalue weighted by molar-refractivity contribution is 0.509. The molecule has 2 nitrogen and oxygen atoms in total. The van der Waals surface area contributed by atoms with E-state index in [9.17, 15) is 21.6 Å². The van der Waals surface area contributed by atoms with Crippen molar-refractivity contribution in [1.82, 2.24) is 0 Å². The first-order valence-corrected chi connectivity index (χ1v) is 7.29. The maximum atomic E-state index is 13.6. The molecule has 0 aliphatic carbocycles. The van der Waals surface area contributed by atoms with Gasteiger partial charge in [0.05, 0.1) is 4.90 Å². The standard InChI is InChI=1S/C12H6ClF3O2S/c13-19(17,18)8-2-4-10(14)9(6-8)7-1-3-11(15)12(16)5-7/h1-6H. The summed E-state index contributed by atoms with van der Waals surface area (Å²) >= 11 is 0. The highest BCUT2D eigenvalue weighted by atomic mass is 35.7. The average Bonchev–Trinajstić information content (AvgIpc) is 2.32. The maximum Gasteiger partial charge on any atom is 0.261 e. The molecule has 0 heterocycles. The van der Waals surface area contributed by atoms with Crippen molar-refractivity contribution in [3.63, 3.8) is 0 Å². The van der Waals surface area contributed by atoms with Crippen molar-refractivity contribution in [3.8, 4) is 11.1 Å². The van der Waals surface area contributed by atoms with E-state index in [2.05, 4.69) is 0 Å². The molecule has 0 aliphatic heterocycles. The van der Waals surface area contributed by atoms with Crippen LogP contribution in [0.5, 0.6) is 0 Å². The van der Waals surface area contributed by atoms with E-state index >= 15 is 0 Å². The Morgan fingerprint density at radius 3 is 2.05 bits per heavy atom. The van der Waals surface area contributed by atoms with E-state index in [1.807, 2.05) is 0 Å². The minimum Gasteiger partial charge on any atom is -0.207 e. The van der Waals surface area contributed by atoms with Crippen LogP contribution in [-0.2, 0) is 9.05 Å². The van der Waals surface area contributed by atoms with Gasteiger partial charge < -0.3 is 0 Å². The van der Waals surface area contributed by atoms with Crippen LogP contribution in [0.15, 0.2) is 41.3 Å². The van der Waals surface area contributed by atoms with Crippen LogP contribution in [0.4, 0.5) is 13.2 Å². The summed E-state index contributed by atoms with van der Waals surface area (Å²) in [6, 6.07) is 5.59. The third kappa shape index (κ3) is 2.90. The summed E-state index contributed by atoms with van der Waals surface area (Å²) in [7, 11) is 1.11. The maximum absolute atomic E-state index is 13.6. The number of benzene rings is 2. The summed E-state index contributed by atoms with van der Waals surface area (Å²) in [5.74, 6) is -3.00. The molecular formula is C12H6ClF3O2S. The lowest BCUT2D eigenvalue weighted by Crippen LogP contribution is -1.94. The first-order valence-electron chi connectivity index (χ1n) is 4.98. The SMILES string of the molecule is O=S(=O)(Cl)c1ccc(F)c(-c2ccc(F)c(F)c2)c1. The molecule has 0 spiro atoms. The van der Waals surface area contributed by atoms with Gasteiger partial charge in [-0.05, 0) is 35.9 Å². The van der Waals surface area contributed by atoms with Gasteiger partial charge >= 0.3 is 0 Å². The molecule has 0 fully saturated rings. The molecule has 0 saturated heterocycles. The van der Waals surface area contributed by atoms with E-state index in [1.54, 1.807) is 0 Å². The number of hydrogen-bond donors (Lipinski definition) is 0. The van der Waals surface area contributed by atoms with E-state index in [0.29, 0.717) is 0 Å². The van der Waals surface area contributed by atoms with E-state index in [0.717, 1.165) is 36.4 Å². The smallest absolute Gasteiger partial charge is 0.207 e. The Hall–Kier alpha value is -1.53. The van der Waals surface area contributed by atoms with Gasteiger partial charge in [-0.15, -0.1) is 0 Å². The fraction of sp³-hybridized carbons (Fsp3) is 0. The summed E-state index contributed by atoms with van der Waals surface area (Å²) in [5.41, 5.74) is -0.167. The topological polar surface area (TPSA) is 34.1 Å². The predicted octanol–water partition coefficient (Wildman–Crippen LogP) is 3.70. The fourth-order valence-electron chi connectivity index (χ4n) is 1.54. The minimum atomic E-state index is -4.03. The normalized spacial score (nSPS) is 11.6. The van der Waals surface area contributed by atoms with Crippen molar-refractivity contribution in [2.75, 3.05) is 0 Å². The zero-order valence-electron chi connectivity index (χ0n) is 9.20. The molecule has 7 heteroatoms. The number of hydrogen-bond acceptors (Lipinski definition) is 2. The zero-order chi connectivity index (χ0) is 14.2. The highest BCUT2D eigenvalue weighted by Gasteiger charge is 2.15. The monoisotopic (exact) mass is 306 g/mol. The van der Waals surface area contributed by atoms with E-state index < -0.39 is 26.5 Å². The summed E-state index contributed by atoms with van der Waals surface area (Å²) in [5, 5.41) is 0. The van der Waals surface area contributed by atoms with Gasteiger partial charge in [-0.1, -0.05) is 6.07 Å². The van der Waals surface area contributed by atoms with Gasteiger partial charge in [-0.25, -0.2) is 21.6 Å². The minimum absolute atomic E-state index is 0.0126. The van der Waals surface area contributed by atoms with Crippen molar-refractivity contribution in [1.29, 1.82) is 0 Å². The molecule has 2 aromatic carbocycles. The summed E-state index contributed by atoms with van der Waals surface area (Å²) < 4.78 is 61.8. The van der Waals surface area contributed by atoms with Gasteiger partial charge in [0.15, 0.2) is 11.6 Å². The Labute approximate surface area is 111 Å². The van der Waals surface area contributed by atoms with E-state index in [1.165, 1.54) is 0 Å². The van der Waals surface area contributed by atoms with Crippen molar-refractivity contribution < 1.29 is 21.6 Å². The molecule has 0 bridgehead atoms. The molecule has 0 atom stereocenters. The molecule has 2 rings (SSSR count). The van der Waals surface area contributed by atoms with Crippen LogP contribution in [-0.4, -0.2) is 8.42 Å². The second kappa shape index (κ2) is 4.86. The summed E-state index contributed by atoms with van der Waals surface area (Å²) in [4.78, 5) is -0.324. The first-order chi connectivity index (χ1) is 8.79. The molecule has 2 aromatic rings. The van der Waals surface area contributed by atoms with Crippen LogP contribution >= 0.6 is 10.7 Å². The summed E-state index contributed by atoms with van der Waals surface area (Å²) in [6.07, 6.45) is 0.